The number of carbonyl (C=O) groups is 1. The van der Waals surface area contributed by atoms with Gasteiger partial charge < -0.3 is 14.6 Å². The number of sulfone groups is 1. The highest BCUT2D eigenvalue weighted by Gasteiger charge is 2.23. The second kappa shape index (κ2) is 8.88. The Kier molecular flexibility index (Phi) is 6.01. The number of fused-ring (bicyclic) bond motifs is 1. The van der Waals surface area contributed by atoms with Crippen LogP contribution in [0.1, 0.15) is 11.1 Å². The number of rotatable bonds is 7. The normalized spacial score (nSPS) is 11.4. The molecule has 3 aromatic carbocycles. The highest BCUT2D eigenvalue weighted by atomic mass is 32.2. The maximum absolute atomic E-state index is 13.3. The Bertz CT molecular complexity index is 1370. The summed E-state index contributed by atoms with van der Waals surface area (Å²) in [5.74, 6) is 0.354. The first-order valence-electron chi connectivity index (χ1n) is 10.2. The molecule has 4 aromatic rings. The molecule has 1 N–H and O–H groups in total. The van der Waals surface area contributed by atoms with Crippen molar-refractivity contribution in [3.8, 4) is 5.75 Å². The number of ether oxygens (including phenoxy) is 1. The minimum absolute atomic E-state index is 0.00751. The predicted molar refractivity (Wildman–Crippen MR) is 126 cm³/mol. The lowest BCUT2D eigenvalue weighted by atomic mass is 10.1. The summed E-state index contributed by atoms with van der Waals surface area (Å²) < 4.78 is 33.4. The number of aromatic nitrogens is 1. The highest BCUT2D eigenvalue weighted by molar-refractivity contribution is 7.90. The third kappa shape index (κ3) is 4.53. The molecule has 1 aromatic heterocycles. The van der Waals surface area contributed by atoms with Crippen molar-refractivity contribution in [1.29, 1.82) is 0 Å². The molecule has 0 saturated heterocycles. The molecule has 6 nitrogen and oxygen atoms in total. The molecule has 0 fully saturated rings. The minimum atomic E-state index is -3.61. The van der Waals surface area contributed by atoms with Gasteiger partial charge in [0, 0.05) is 22.8 Å². The summed E-state index contributed by atoms with van der Waals surface area (Å²) in [5.41, 5.74) is 3.03. The van der Waals surface area contributed by atoms with Crippen LogP contribution >= 0.6 is 0 Å². The van der Waals surface area contributed by atoms with Crippen molar-refractivity contribution in [2.24, 2.45) is 0 Å². The van der Waals surface area contributed by atoms with Gasteiger partial charge in [-0.15, -0.1) is 0 Å². The second-order valence-corrected chi connectivity index (χ2v) is 9.56. The Labute approximate surface area is 187 Å². The number of para-hydroxylation sites is 1. The van der Waals surface area contributed by atoms with Crippen molar-refractivity contribution in [3.63, 3.8) is 0 Å². The Morgan fingerprint density at radius 1 is 0.969 bits per heavy atom. The van der Waals surface area contributed by atoms with Crippen LogP contribution in [-0.2, 0) is 26.9 Å². The third-order valence-electron chi connectivity index (χ3n) is 5.38. The number of aryl methyl sites for hydroxylation is 1. The first-order valence-corrected chi connectivity index (χ1v) is 11.8. The fourth-order valence-electron chi connectivity index (χ4n) is 3.68. The van der Waals surface area contributed by atoms with E-state index in [1.807, 2.05) is 43.3 Å². The van der Waals surface area contributed by atoms with Crippen molar-refractivity contribution in [2.75, 3.05) is 12.4 Å². The molecule has 7 heteroatoms. The Balaban J connectivity index is 1.62. The Morgan fingerprint density at radius 2 is 1.66 bits per heavy atom. The molecule has 0 aliphatic rings. The van der Waals surface area contributed by atoms with E-state index in [1.54, 1.807) is 54.3 Å². The van der Waals surface area contributed by atoms with Gasteiger partial charge in [-0.3, -0.25) is 4.79 Å². The van der Waals surface area contributed by atoms with Gasteiger partial charge in [-0.25, -0.2) is 8.42 Å². The molecule has 164 valence electrons. The van der Waals surface area contributed by atoms with E-state index in [4.69, 9.17) is 4.74 Å². The number of carbonyl (C=O) groups excluding carboxylic acids is 1. The molecule has 1 amide bonds. The zero-order chi connectivity index (χ0) is 22.7. The molecule has 0 atom stereocenters. The number of hydrogen-bond donors (Lipinski definition) is 1. The number of nitrogens with one attached hydrogen (secondary N) is 1. The van der Waals surface area contributed by atoms with E-state index in [-0.39, 0.29) is 23.1 Å². The quantitative estimate of drug-likeness (QED) is 0.449. The van der Waals surface area contributed by atoms with Crippen LogP contribution in [0.4, 0.5) is 5.69 Å². The maximum atomic E-state index is 13.3. The van der Waals surface area contributed by atoms with E-state index >= 15 is 0 Å². The summed E-state index contributed by atoms with van der Waals surface area (Å²) in [5, 5.41) is 3.45. The van der Waals surface area contributed by atoms with E-state index in [1.165, 1.54) is 0 Å². The number of methoxy groups -OCH3 is 1. The first kappa shape index (κ1) is 21.6. The van der Waals surface area contributed by atoms with Crippen molar-refractivity contribution >= 4 is 32.3 Å². The molecule has 0 unspecified atom stereocenters. The smallest absolute Gasteiger partial charge is 0.244 e. The molecule has 1 heterocycles. The number of benzene rings is 3. The molecule has 0 radical (unpaired) electrons. The van der Waals surface area contributed by atoms with Gasteiger partial charge in [0.05, 0.1) is 17.8 Å². The van der Waals surface area contributed by atoms with Gasteiger partial charge in [-0.2, -0.15) is 0 Å². The monoisotopic (exact) mass is 448 g/mol. The molecule has 0 aliphatic heterocycles. The molecular weight excluding hydrogens is 424 g/mol. The average Bonchev–Trinajstić information content (AvgIpc) is 3.15. The fourth-order valence-corrected chi connectivity index (χ4v) is 5.36. The Morgan fingerprint density at radius 3 is 2.38 bits per heavy atom. The molecule has 0 aliphatic carbocycles. The highest BCUT2D eigenvalue weighted by Crippen LogP contribution is 2.29. The van der Waals surface area contributed by atoms with Gasteiger partial charge in [0.25, 0.3) is 0 Å². The summed E-state index contributed by atoms with van der Waals surface area (Å²) in [6.07, 6.45) is 1.56. The predicted octanol–water partition coefficient (Wildman–Crippen LogP) is 4.57. The van der Waals surface area contributed by atoms with Crippen LogP contribution in [0.15, 0.2) is 83.9 Å². The third-order valence-corrected chi connectivity index (χ3v) is 7.07. The summed E-state index contributed by atoms with van der Waals surface area (Å²) in [6.45, 7) is 1.89. The van der Waals surface area contributed by atoms with E-state index < -0.39 is 9.84 Å². The number of nitrogens with zero attached hydrogens (tertiary/aromatic N) is 1. The summed E-state index contributed by atoms with van der Waals surface area (Å²) in [4.78, 5) is 12.9. The first-order chi connectivity index (χ1) is 15.4. The van der Waals surface area contributed by atoms with Crippen LogP contribution < -0.4 is 10.1 Å². The minimum Gasteiger partial charge on any atom is -0.497 e. The van der Waals surface area contributed by atoms with Crippen LogP contribution in [0.2, 0.25) is 0 Å². The molecule has 0 saturated carbocycles. The molecule has 4 rings (SSSR count). The SMILES string of the molecule is COc1ccc(NC(=O)Cn2cc(S(=O)(=O)Cc3ccccc3C)c3ccccc32)cc1. The van der Waals surface area contributed by atoms with E-state index in [0.29, 0.717) is 22.3 Å². The van der Waals surface area contributed by atoms with Crippen molar-refractivity contribution in [1.82, 2.24) is 4.57 Å². The molecule has 0 spiro atoms. The van der Waals surface area contributed by atoms with Crippen molar-refractivity contribution in [2.45, 2.75) is 24.1 Å². The van der Waals surface area contributed by atoms with E-state index in [0.717, 1.165) is 11.1 Å². The van der Waals surface area contributed by atoms with Gasteiger partial charge in [0.15, 0.2) is 9.84 Å². The van der Waals surface area contributed by atoms with Crippen LogP contribution in [0.5, 0.6) is 5.75 Å². The maximum Gasteiger partial charge on any atom is 0.244 e. The summed E-state index contributed by atoms with van der Waals surface area (Å²) in [7, 11) is -2.03. The molecular formula is C25H24N2O4S. The zero-order valence-corrected chi connectivity index (χ0v) is 18.7. The van der Waals surface area contributed by atoms with Gasteiger partial charge in [0.1, 0.15) is 12.3 Å². The molecule has 0 bridgehead atoms. The number of anilines is 1. The lowest BCUT2D eigenvalue weighted by Gasteiger charge is -2.08. The van der Waals surface area contributed by atoms with Crippen LogP contribution in [-0.4, -0.2) is 26.0 Å². The van der Waals surface area contributed by atoms with Gasteiger partial charge in [0.2, 0.25) is 5.91 Å². The standard InChI is InChI=1S/C25H24N2O4S/c1-18-7-3-4-8-19(18)17-32(29,30)24-15-27(23-10-6-5-9-22(23)24)16-25(28)26-20-11-13-21(31-2)14-12-20/h3-15H,16-17H2,1-2H3,(H,26,28). The number of amides is 1. The summed E-state index contributed by atoms with van der Waals surface area (Å²) in [6, 6.07) is 21.7. The van der Waals surface area contributed by atoms with E-state index in [2.05, 4.69) is 5.32 Å². The zero-order valence-electron chi connectivity index (χ0n) is 17.9. The second-order valence-electron chi connectivity index (χ2n) is 7.60. The van der Waals surface area contributed by atoms with Gasteiger partial charge >= 0.3 is 0 Å². The topological polar surface area (TPSA) is 77.4 Å². The fraction of sp³-hybridized carbons (Fsp3) is 0.160. The van der Waals surface area contributed by atoms with E-state index in [9.17, 15) is 13.2 Å². The summed E-state index contributed by atoms with van der Waals surface area (Å²) >= 11 is 0. The van der Waals surface area contributed by atoms with Gasteiger partial charge in [-0.1, -0.05) is 42.5 Å². The van der Waals surface area contributed by atoms with Crippen molar-refractivity contribution in [3.05, 3.63) is 90.1 Å². The lowest BCUT2D eigenvalue weighted by molar-refractivity contribution is -0.116. The number of hydrogen-bond acceptors (Lipinski definition) is 4. The lowest BCUT2D eigenvalue weighted by Crippen LogP contribution is -2.18. The van der Waals surface area contributed by atoms with Crippen LogP contribution in [0.25, 0.3) is 10.9 Å². The van der Waals surface area contributed by atoms with Gasteiger partial charge in [-0.05, 0) is 48.4 Å². The van der Waals surface area contributed by atoms with Crippen molar-refractivity contribution < 1.29 is 17.9 Å². The van der Waals surface area contributed by atoms with Crippen LogP contribution in [0.3, 0.4) is 0 Å². The average molecular weight is 449 g/mol. The van der Waals surface area contributed by atoms with Crippen LogP contribution in [0, 0.1) is 6.92 Å². The Hall–Kier alpha value is -3.58. The largest absolute Gasteiger partial charge is 0.497 e. The molecule has 32 heavy (non-hydrogen) atoms.